The van der Waals surface area contributed by atoms with E-state index >= 15 is 0 Å². The third kappa shape index (κ3) is 1.39. The fraction of sp³-hybridized carbons (Fsp3) is 0.222. The van der Waals surface area contributed by atoms with Gasteiger partial charge >= 0.3 is 5.97 Å². The minimum atomic E-state index is -0.898. The van der Waals surface area contributed by atoms with Gasteiger partial charge in [0.15, 0.2) is 0 Å². The summed E-state index contributed by atoms with van der Waals surface area (Å²) in [4.78, 5) is 10.7. The molecule has 0 bridgehead atoms. The number of allylic oxidation sites excluding steroid dienone is 1. The number of carbonyl (C=O) groups is 1. The standard InChI is InChI=1S/C9H11NO2/c1-3-6-10-7(2)4-5-8(10)9(11)12/h3-5H,1,6H2,2H3,(H,11,12). The van der Waals surface area contributed by atoms with E-state index in [1.54, 1.807) is 22.8 Å². The van der Waals surface area contributed by atoms with Gasteiger partial charge in [-0.25, -0.2) is 4.79 Å². The van der Waals surface area contributed by atoms with Crippen molar-refractivity contribution in [2.24, 2.45) is 0 Å². The Morgan fingerprint density at radius 3 is 2.92 bits per heavy atom. The SMILES string of the molecule is C=CCn1c(C)ccc1C(=O)O. The highest BCUT2D eigenvalue weighted by molar-refractivity contribution is 5.86. The van der Waals surface area contributed by atoms with Crippen LogP contribution in [-0.4, -0.2) is 15.6 Å². The number of hydrogen-bond acceptors (Lipinski definition) is 1. The molecular weight excluding hydrogens is 154 g/mol. The number of hydrogen-bond donors (Lipinski definition) is 1. The average molecular weight is 165 g/mol. The molecule has 0 aliphatic heterocycles. The molecule has 0 amide bonds. The molecule has 0 saturated carbocycles. The fourth-order valence-corrected chi connectivity index (χ4v) is 1.13. The summed E-state index contributed by atoms with van der Waals surface area (Å²) in [5.74, 6) is -0.898. The Morgan fingerprint density at radius 1 is 1.75 bits per heavy atom. The molecule has 0 spiro atoms. The van der Waals surface area contributed by atoms with Crippen molar-refractivity contribution in [2.75, 3.05) is 0 Å². The highest BCUT2D eigenvalue weighted by Crippen LogP contribution is 2.08. The van der Waals surface area contributed by atoms with Crippen LogP contribution in [0.5, 0.6) is 0 Å². The lowest BCUT2D eigenvalue weighted by molar-refractivity contribution is 0.0685. The largest absolute Gasteiger partial charge is 0.477 e. The molecule has 3 nitrogen and oxygen atoms in total. The van der Waals surface area contributed by atoms with Crippen LogP contribution in [0.2, 0.25) is 0 Å². The Labute approximate surface area is 70.9 Å². The molecule has 12 heavy (non-hydrogen) atoms. The maximum absolute atomic E-state index is 10.7. The Balaban J connectivity index is 3.11. The monoisotopic (exact) mass is 165 g/mol. The van der Waals surface area contributed by atoms with E-state index < -0.39 is 5.97 Å². The summed E-state index contributed by atoms with van der Waals surface area (Å²) in [5.41, 5.74) is 1.25. The smallest absolute Gasteiger partial charge is 0.352 e. The highest BCUT2D eigenvalue weighted by Gasteiger charge is 2.09. The van der Waals surface area contributed by atoms with Gasteiger partial charge in [-0.15, -0.1) is 6.58 Å². The minimum Gasteiger partial charge on any atom is -0.477 e. The van der Waals surface area contributed by atoms with Crippen LogP contribution < -0.4 is 0 Å². The van der Waals surface area contributed by atoms with Gasteiger partial charge < -0.3 is 9.67 Å². The summed E-state index contributed by atoms with van der Waals surface area (Å²) in [6, 6.07) is 3.38. The molecule has 0 atom stereocenters. The summed E-state index contributed by atoms with van der Waals surface area (Å²) in [5, 5.41) is 8.75. The van der Waals surface area contributed by atoms with Gasteiger partial charge in [-0.1, -0.05) is 6.08 Å². The van der Waals surface area contributed by atoms with E-state index in [9.17, 15) is 4.79 Å². The number of carboxylic acids is 1. The number of aromatic nitrogens is 1. The van der Waals surface area contributed by atoms with Gasteiger partial charge in [-0.2, -0.15) is 0 Å². The molecule has 3 heteroatoms. The predicted octanol–water partition coefficient (Wildman–Crippen LogP) is 1.68. The highest BCUT2D eigenvalue weighted by atomic mass is 16.4. The number of carboxylic acid groups (broad SMARTS) is 1. The van der Waals surface area contributed by atoms with Crippen molar-refractivity contribution >= 4 is 5.97 Å². The average Bonchev–Trinajstić information content (AvgIpc) is 2.34. The molecule has 0 radical (unpaired) electrons. The maximum atomic E-state index is 10.7. The Kier molecular flexibility index (Phi) is 2.33. The first-order valence-electron chi connectivity index (χ1n) is 3.67. The normalized spacial score (nSPS) is 9.75. The van der Waals surface area contributed by atoms with Crippen LogP contribution >= 0.6 is 0 Å². The molecule has 64 valence electrons. The Bertz CT molecular complexity index is 312. The first-order chi connectivity index (χ1) is 5.66. The Hall–Kier alpha value is -1.51. The van der Waals surface area contributed by atoms with Crippen molar-refractivity contribution in [2.45, 2.75) is 13.5 Å². The molecule has 1 aromatic heterocycles. The number of rotatable bonds is 3. The third-order valence-corrected chi connectivity index (χ3v) is 1.73. The van der Waals surface area contributed by atoms with E-state index in [4.69, 9.17) is 5.11 Å². The van der Waals surface area contributed by atoms with Gasteiger partial charge in [0.05, 0.1) is 0 Å². The van der Waals surface area contributed by atoms with Crippen molar-refractivity contribution in [3.8, 4) is 0 Å². The van der Waals surface area contributed by atoms with E-state index in [1.165, 1.54) is 0 Å². The van der Waals surface area contributed by atoms with E-state index in [2.05, 4.69) is 6.58 Å². The third-order valence-electron chi connectivity index (χ3n) is 1.73. The molecule has 1 aromatic rings. The van der Waals surface area contributed by atoms with Gasteiger partial charge in [-0.3, -0.25) is 0 Å². The summed E-state index contributed by atoms with van der Waals surface area (Å²) in [6.07, 6.45) is 1.68. The van der Waals surface area contributed by atoms with E-state index in [-0.39, 0.29) is 0 Å². The molecular formula is C9H11NO2. The van der Waals surface area contributed by atoms with Crippen LogP contribution in [0.3, 0.4) is 0 Å². The van der Waals surface area contributed by atoms with Crippen LogP contribution in [0.4, 0.5) is 0 Å². The van der Waals surface area contributed by atoms with Crippen LogP contribution in [0.1, 0.15) is 16.2 Å². The summed E-state index contributed by atoms with van der Waals surface area (Å²) < 4.78 is 1.70. The summed E-state index contributed by atoms with van der Waals surface area (Å²) >= 11 is 0. The lowest BCUT2D eigenvalue weighted by atomic mass is 10.4. The summed E-state index contributed by atoms with van der Waals surface area (Å²) in [7, 11) is 0. The zero-order chi connectivity index (χ0) is 9.14. The molecule has 0 aromatic carbocycles. The van der Waals surface area contributed by atoms with Crippen LogP contribution in [0.25, 0.3) is 0 Å². The van der Waals surface area contributed by atoms with Crippen molar-refractivity contribution in [1.29, 1.82) is 0 Å². The number of nitrogens with zero attached hydrogens (tertiary/aromatic N) is 1. The molecule has 0 aliphatic rings. The first-order valence-corrected chi connectivity index (χ1v) is 3.67. The summed E-state index contributed by atoms with van der Waals surface area (Å²) in [6.45, 7) is 5.98. The lowest BCUT2D eigenvalue weighted by Gasteiger charge is -2.04. The molecule has 0 unspecified atom stereocenters. The zero-order valence-electron chi connectivity index (χ0n) is 6.95. The van der Waals surface area contributed by atoms with Crippen LogP contribution in [0.15, 0.2) is 24.8 Å². The molecule has 1 N–H and O–H groups in total. The molecule has 1 heterocycles. The van der Waals surface area contributed by atoms with Gasteiger partial charge in [0, 0.05) is 12.2 Å². The first kappa shape index (κ1) is 8.59. The molecule has 0 saturated heterocycles. The van der Waals surface area contributed by atoms with Gasteiger partial charge in [0.1, 0.15) is 5.69 Å². The van der Waals surface area contributed by atoms with Gasteiger partial charge in [0.2, 0.25) is 0 Å². The van der Waals surface area contributed by atoms with Crippen molar-refractivity contribution in [3.05, 3.63) is 36.2 Å². The minimum absolute atomic E-state index is 0.312. The topological polar surface area (TPSA) is 42.2 Å². The zero-order valence-corrected chi connectivity index (χ0v) is 6.95. The maximum Gasteiger partial charge on any atom is 0.352 e. The molecule has 0 aliphatic carbocycles. The van der Waals surface area contributed by atoms with Crippen molar-refractivity contribution < 1.29 is 9.90 Å². The predicted molar refractivity (Wildman–Crippen MR) is 46.3 cm³/mol. The second kappa shape index (κ2) is 3.26. The Morgan fingerprint density at radius 2 is 2.42 bits per heavy atom. The number of aromatic carboxylic acids is 1. The van der Waals surface area contributed by atoms with Gasteiger partial charge in [0.25, 0.3) is 0 Å². The second-order valence-electron chi connectivity index (χ2n) is 2.56. The quantitative estimate of drug-likeness (QED) is 0.692. The van der Waals surface area contributed by atoms with Crippen LogP contribution in [0, 0.1) is 6.92 Å². The number of aryl methyl sites for hydroxylation is 1. The van der Waals surface area contributed by atoms with E-state index in [0.29, 0.717) is 12.2 Å². The van der Waals surface area contributed by atoms with Crippen molar-refractivity contribution in [1.82, 2.24) is 4.57 Å². The molecule has 0 fully saturated rings. The van der Waals surface area contributed by atoms with Crippen molar-refractivity contribution in [3.63, 3.8) is 0 Å². The van der Waals surface area contributed by atoms with Gasteiger partial charge in [-0.05, 0) is 19.1 Å². The fourth-order valence-electron chi connectivity index (χ4n) is 1.13. The second-order valence-corrected chi connectivity index (χ2v) is 2.56. The van der Waals surface area contributed by atoms with E-state index in [0.717, 1.165) is 5.69 Å². The van der Waals surface area contributed by atoms with Crippen LogP contribution in [-0.2, 0) is 6.54 Å². The van der Waals surface area contributed by atoms with E-state index in [1.807, 2.05) is 6.92 Å². The molecule has 1 rings (SSSR count). The lowest BCUT2D eigenvalue weighted by Crippen LogP contribution is -2.08.